The second-order valence-corrected chi connectivity index (χ2v) is 5.91. The molecule has 0 fully saturated rings. The third kappa shape index (κ3) is 3.68. The van der Waals surface area contributed by atoms with Gasteiger partial charge in [0.15, 0.2) is 0 Å². The van der Waals surface area contributed by atoms with E-state index in [1.165, 1.54) is 12.1 Å². The Balaban J connectivity index is 2.10. The second-order valence-electron chi connectivity index (χ2n) is 4.01. The molecule has 4 nitrogen and oxygen atoms in total. The molecule has 20 heavy (non-hydrogen) atoms. The largest absolute Gasteiger partial charge is 0.298 e. The summed E-state index contributed by atoms with van der Waals surface area (Å²) in [6.45, 7) is 0. The first-order chi connectivity index (χ1) is 9.60. The number of nitrogens with zero attached hydrogens (tertiary/aromatic N) is 1. The van der Waals surface area contributed by atoms with Crippen LogP contribution in [0.25, 0.3) is 0 Å². The Morgan fingerprint density at radius 1 is 1.25 bits per heavy atom. The van der Waals surface area contributed by atoms with E-state index < -0.39 is 4.92 Å². The first-order valence-corrected chi connectivity index (χ1v) is 7.49. The molecule has 0 aliphatic carbocycles. The highest BCUT2D eigenvalue weighted by Crippen LogP contribution is 2.29. The van der Waals surface area contributed by atoms with E-state index in [9.17, 15) is 14.9 Å². The van der Waals surface area contributed by atoms with Crippen molar-refractivity contribution < 1.29 is 9.72 Å². The Bertz CT molecular complexity index is 661. The lowest BCUT2D eigenvalue weighted by atomic mass is 10.2. The molecule has 0 spiro atoms. The number of carbonyl (C=O) groups is 1. The van der Waals surface area contributed by atoms with E-state index in [4.69, 9.17) is 0 Å². The predicted octanol–water partition coefficient (Wildman–Crippen LogP) is 4.46. The summed E-state index contributed by atoms with van der Waals surface area (Å²) in [4.78, 5) is 21.9. The highest BCUT2D eigenvalue weighted by molar-refractivity contribution is 9.10. The van der Waals surface area contributed by atoms with E-state index in [-0.39, 0.29) is 5.69 Å². The summed E-state index contributed by atoms with van der Waals surface area (Å²) in [5, 5.41) is 10.7. The zero-order chi connectivity index (χ0) is 14.5. The maximum absolute atomic E-state index is 10.7. The van der Waals surface area contributed by atoms with Crippen LogP contribution in [0.2, 0.25) is 0 Å². The van der Waals surface area contributed by atoms with Crippen LogP contribution in [0.15, 0.2) is 51.8 Å². The number of carbonyl (C=O) groups excluding carboxylic acids is 1. The van der Waals surface area contributed by atoms with Crippen molar-refractivity contribution in [2.45, 2.75) is 10.6 Å². The molecule has 6 heteroatoms. The Morgan fingerprint density at radius 2 is 2.05 bits per heavy atom. The monoisotopic (exact) mass is 351 g/mol. The Kier molecular flexibility index (Phi) is 4.92. The summed E-state index contributed by atoms with van der Waals surface area (Å²) >= 11 is 4.92. The minimum Gasteiger partial charge on any atom is -0.298 e. The van der Waals surface area contributed by atoms with Gasteiger partial charge in [-0.15, -0.1) is 11.8 Å². The van der Waals surface area contributed by atoms with Crippen molar-refractivity contribution in [3.63, 3.8) is 0 Å². The van der Waals surface area contributed by atoms with Gasteiger partial charge in [0.05, 0.1) is 4.92 Å². The SMILES string of the molecule is O=Cc1cccc(SCc2ccc([N+](=O)[O-])cc2Br)c1. The molecule has 0 aliphatic heterocycles. The Hall–Kier alpha value is -1.66. The van der Waals surface area contributed by atoms with Crippen molar-refractivity contribution in [2.24, 2.45) is 0 Å². The van der Waals surface area contributed by atoms with Crippen molar-refractivity contribution in [2.75, 3.05) is 0 Å². The van der Waals surface area contributed by atoms with Gasteiger partial charge in [0, 0.05) is 32.8 Å². The van der Waals surface area contributed by atoms with Gasteiger partial charge in [0.1, 0.15) is 6.29 Å². The molecule has 0 saturated carbocycles. The number of nitro benzene ring substituents is 1. The van der Waals surface area contributed by atoms with E-state index in [0.29, 0.717) is 15.8 Å². The molecule has 0 aromatic heterocycles. The smallest absolute Gasteiger partial charge is 0.270 e. The van der Waals surface area contributed by atoms with Crippen LogP contribution < -0.4 is 0 Å². The van der Waals surface area contributed by atoms with Gasteiger partial charge in [-0.2, -0.15) is 0 Å². The minimum absolute atomic E-state index is 0.0635. The molecule has 0 saturated heterocycles. The number of thioether (sulfide) groups is 1. The molecule has 2 rings (SSSR count). The Morgan fingerprint density at radius 3 is 2.70 bits per heavy atom. The summed E-state index contributed by atoms with van der Waals surface area (Å²) in [6.07, 6.45) is 0.811. The number of nitro groups is 1. The van der Waals surface area contributed by atoms with Gasteiger partial charge in [-0.25, -0.2) is 0 Å². The average molecular weight is 352 g/mol. The molecule has 0 radical (unpaired) electrons. The lowest BCUT2D eigenvalue weighted by molar-refractivity contribution is -0.384. The van der Waals surface area contributed by atoms with Gasteiger partial charge in [-0.1, -0.05) is 34.1 Å². The number of benzene rings is 2. The number of hydrogen-bond acceptors (Lipinski definition) is 4. The van der Waals surface area contributed by atoms with Crippen LogP contribution in [0.5, 0.6) is 0 Å². The zero-order valence-electron chi connectivity index (χ0n) is 10.3. The van der Waals surface area contributed by atoms with Crippen LogP contribution in [0.1, 0.15) is 15.9 Å². The molecule has 0 N–H and O–H groups in total. The molecule has 0 aliphatic rings. The molecule has 0 unspecified atom stereocenters. The molecular weight excluding hydrogens is 342 g/mol. The summed E-state index contributed by atoms with van der Waals surface area (Å²) in [6, 6.07) is 12.0. The van der Waals surface area contributed by atoms with Crippen LogP contribution in [0.4, 0.5) is 5.69 Å². The van der Waals surface area contributed by atoms with E-state index in [1.54, 1.807) is 23.9 Å². The third-order valence-electron chi connectivity index (χ3n) is 2.64. The third-order valence-corrected chi connectivity index (χ3v) is 4.42. The van der Waals surface area contributed by atoms with Crippen molar-refractivity contribution in [1.29, 1.82) is 0 Å². The van der Waals surface area contributed by atoms with Crippen LogP contribution in [0, 0.1) is 10.1 Å². The molecule has 2 aromatic carbocycles. The summed E-state index contributed by atoms with van der Waals surface area (Å²) in [5.74, 6) is 0.668. The second kappa shape index (κ2) is 6.67. The van der Waals surface area contributed by atoms with Gasteiger partial charge >= 0.3 is 0 Å². The van der Waals surface area contributed by atoms with Crippen molar-refractivity contribution in [1.82, 2.24) is 0 Å². The van der Waals surface area contributed by atoms with Gasteiger partial charge in [-0.05, 0) is 17.7 Å². The maximum atomic E-state index is 10.7. The first-order valence-electron chi connectivity index (χ1n) is 5.71. The maximum Gasteiger partial charge on any atom is 0.270 e. The molecule has 0 heterocycles. The number of rotatable bonds is 5. The first kappa shape index (κ1) is 14.7. The lowest BCUT2D eigenvalue weighted by Crippen LogP contribution is -1.90. The van der Waals surface area contributed by atoms with Crippen molar-refractivity contribution in [3.05, 3.63) is 68.2 Å². The molecule has 0 amide bonds. The van der Waals surface area contributed by atoms with Crippen LogP contribution >= 0.6 is 27.7 Å². The highest BCUT2D eigenvalue weighted by Gasteiger charge is 2.09. The predicted molar refractivity (Wildman–Crippen MR) is 82.2 cm³/mol. The highest BCUT2D eigenvalue weighted by atomic mass is 79.9. The van der Waals surface area contributed by atoms with E-state index in [0.717, 1.165) is 16.7 Å². The normalized spacial score (nSPS) is 10.2. The van der Waals surface area contributed by atoms with Crippen molar-refractivity contribution >= 4 is 39.7 Å². The van der Waals surface area contributed by atoms with Gasteiger partial charge < -0.3 is 0 Å². The number of hydrogen-bond donors (Lipinski definition) is 0. The molecular formula is C14H10BrNO3S. The van der Waals surface area contributed by atoms with E-state index in [2.05, 4.69) is 15.9 Å². The molecule has 0 bridgehead atoms. The summed E-state index contributed by atoms with van der Waals surface area (Å²) in [7, 11) is 0. The van der Waals surface area contributed by atoms with Gasteiger partial charge in [0.25, 0.3) is 5.69 Å². The number of non-ortho nitro benzene ring substituents is 1. The van der Waals surface area contributed by atoms with Gasteiger partial charge in [-0.3, -0.25) is 14.9 Å². The fourth-order valence-corrected chi connectivity index (χ4v) is 3.27. The Labute approximate surface area is 128 Å². The summed E-state index contributed by atoms with van der Waals surface area (Å²) < 4.78 is 0.714. The zero-order valence-corrected chi connectivity index (χ0v) is 12.7. The number of halogens is 1. The minimum atomic E-state index is -0.421. The summed E-state index contributed by atoms with van der Waals surface area (Å²) in [5.41, 5.74) is 1.67. The van der Waals surface area contributed by atoms with Crippen LogP contribution in [-0.4, -0.2) is 11.2 Å². The van der Waals surface area contributed by atoms with Crippen LogP contribution in [-0.2, 0) is 5.75 Å². The topological polar surface area (TPSA) is 60.2 Å². The van der Waals surface area contributed by atoms with E-state index >= 15 is 0 Å². The number of aldehydes is 1. The lowest BCUT2D eigenvalue weighted by Gasteiger charge is -2.05. The van der Waals surface area contributed by atoms with E-state index in [1.807, 2.05) is 18.2 Å². The van der Waals surface area contributed by atoms with Crippen LogP contribution in [0.3, 0.4) is 0 Å². The molecule has 102 valence electrons. The standard InChI is InChI=1S/C14H10BrNO3S/c15-14-7-12(16(18)19)5-4-11(14)9-20-13-3-1-2-10(6-13)8-17/h1-8H,9H2. The molecule has 2 aromatic rings. The molecule has 0 atom stereocenters. The van der Waals surface area contributed by atoms with Gasteiger partial charge in [0.2, 0.25) is 0 Å². The fourth-order valence-electron chi connectivity index (χ4n) is 1.61. The average Bonchev–Trinajstić information content (AvgIpc) is 2.46. The quantitative estimate of drug-likeness (QED) is 0.345. The van der Waals surface area contributed by atoms with Crippen molar-refractivity contribution in [3.8, 4) is 0 Å². The fraction of sp³-hybridized carbons (Fsp3) is 0.0714.